The molecule has 2 atom stereocenters. The molecule has 2 unspecified atom stereocenters. The zero-order valence-corrected chi connectivity index (χ0v) is 8.22. The quantitative estimate of drug-likeness (QED) is 0.702. The second-order valence-electron chi connectivity index (χ2n) is 3.88. The van der Waals surface area contributed by atoms with Crippen LogP contribution >= 0.6 is 0 Å². The molecule has 0 radical (unpaired) electrons. The predicted molar refractivity (Wildman–Crippen MR) is 54.1 cm³/mol. The van der Waals surface area contributed by atoms with E-state index >= 15 is 0 Å². The number of likely N-dealkylation sites (N-methyl/N-ethyl adjacent to an activating group) is 1. The lowest BCUT2D eigenvalue weighted by molar-refractivity contribution is 0.127. The molecule has 0 spiro atoms. The van der Waals surface area contributed by atoms with Gasteiger partial charge in [-0.2, -0.15) is 0 Å². The van der Waals surface area contributed by atoms with Crippen LogP contribution in [0, 0.1) is 0 Å². The Morgan fingerprint density at radius 3 is 2.79 bits per heavy atom. The van der Waals surface area contributed by atoms with Crippen LogP contribution in [0.5, 0.6) is 5.75 Å². The monoisotopic (exact) mass is 193 g/mol. The molecular weight excluding hydrogens is 178 g/mol. The molecule has 3 nitrogen and oxygen atoms in total. The van der Waals surface area contributed by atoms with Crippen LogP contribution in [0.3, 0.4) is 0 Å². The Morgan fingerprint density at radius 1 is 1.43 bits per heavy atom. The molecular formula is C11H15NO2. The molecule has 2 N–H and O–H groups in total. The van der Waals surface area contributed by atoms with Gasteiger partial charge in [0.05, 0.1) is 12.1 Å². The molecule has 1 heterocycles. The van der Waals surface area contributed by atoms with E-state index in [4.69, 9.17) is 0 Å². The lowest BCUT2D eigenvalue weighted by Crippen LogP contribution is -2.23. The summed E-state index contributed by atoms with van der Waals surface area (Å²) in [7, 11) is 1.99. The number of phenolic OH excluding ortho intramolecular Hbond substituents is 1. The molecule has 1 saturated heterocycles. The van der Waals surface area contributed by atoms with Crippen LogP contribution in [0.2, 0.25) is 0 Å². The van der Waals surface area contributed by atoms with Crippen molar-refractivity contribution in [1.82, 2.24) is 4.90 Å². The molecule has 1 aromatic rings. The van der Waals surface area contributed by atoms with Crippen LogP contribution in [0.1, 0.15) is 18.0 Å². The van der Waals surface area contributed by atoms with Gasteiger partial charge in [-0.05, 0) is 31.2 Å². The minimum Gasteiger partial charge on any atom is -0.508 e. The van der Waals surface area contributed by atoms with E-state index in [2.05, 4.69) is 4.90 Å². The molecule has 0 amide bonds. The van der Waals surface area contributed by atoms with E-state index in [1.54, 1.807) is 12.1 Å². The third-order valence-corrected chi connectivity index (χ3v) is 2.83. The van der Waals surface area contributed by atoms with E-state index in [-0.39, 0.29) is 17.9 Å². The first-order valence-corrected chi connectivity index (χ1v) is 4.86. The number of nitrogens with zero attached hydrogens (tertiary/aromatic N) is 1. The molecule has 1 aliphatic rings. The molecule has 1 aromatic carbocycles. The van der Waals surface area contributed by atoms with Gasteiger partial charge in [0.15, 0.2) is 0 Å². The van der Waals surface area contributed by atoms with E-state index in [0.29, 0.717) is 0 Å². The van der Waals surface area contributed by atoms with Crippen molar-refractivity contribution in [1.29, 1.82) is 0 Å². The number of phenols is 1. The number of aliphatic hydroxyl groups is 1. The van der Waals surface area contributed by atoms with Crippen molar-refractivity contribution in [2.75, 3.05) is 13.6 Å². The highest BCUT2D eigenvalue weighted by Gasteiger charge is 2.31. The van der Waals surface area contributed by atoms with Gasteiger partial charge in [-0.25, -0.2) is 0 Å². The zero-order valence-electron chi connectivity index (χ0n) is 8.22. The Labute approximate surface area is 83.6 Å². The van der Waals surface area contributed by atoms with Crippen LogP contribution < -0.4 is 0 Å². The van der Waals surface area contributed by atoms with Crippen LogP contribution in [-0.2, 0) is 0 Å². The van der Waals surface area contributed by atoms with Gasteiger partial charge in [0.1, 0.15) is 5.75 Å². The molecule has 2 rings (SSSR count). The average Bonchev–Trinajstić information content (AvgIpc) is 2.46. The molecule has 0 aliphatic carbocycles. The molecule has 76 valence electrons. The Bertz CT molecular complexity index is 317. The van der Waals surface area contributed by atoms with Crippen LogP contribution in [0.15, 0.2) is 24.3 Å². The van der Waals surface area contributed by atoms with Gasteiger partial charge in [0.25, 0.3) is 0 Å². The molecule has 1 fully saturated rings. The van der Waals surface area contributed by atoms with Gasteiger partial charge in [0, 0.05) is 6.54 Å². The average molecular weight is 193 g/mol. The number of aromatic hydroxyl groups is 1. The number of hydrogen-bond acceptors (Lipinski definition) is 3. The minimum absolute atomic E-state index is 0.0297. The first kappa shape index (κ1) is 9.49. The van der Waals surface area contributed by atoms with Crippen LogP contribution in [0.25, 0.3) is 0 Å². The summed E-state index contributed by atoms with van der Waals surface area (Å²) in [5.74, 6) is 0.259. The number of hydrogen-bond donors (Lipinski definition) is 2. The van der Waals surface area contributed by atoms with E-state index in [0.717, 1.165) is 18.5 Å². The van der Waals surface area contributed by atoms with Crippen molar-refractivity contribution < 1.29 is 10.2 Å². The van der Waals surface area contributed by atoms with E-state index in [1.165, 1.54) is 0 Å². The fourth-order valence-corrected chi connectivity index (χ4v) is 2.11. The maximum Gasteiger partial charge on any atom is 0.115 e. The van der Waals surface area contributed by atoms with Gasteiger partial charge < -0.3 is 10.2 Å². The van der Waals surface area contributed by atoms with E-state index in [1.807, 2.05) is 19.2 Å². The zero-order chi connectivity index (χ0) is 10.1. The Kier molecular flexibility index (Phi) is 2.44. The summed E-state index contributed by atoms with van der Waals surface area (Å²) in [6.45, 7) is 0.904. The second-order valence-corrected chi connectivity index (χ2v) is 3.88. The lowest BCUT2D eigenvalue weighted by atomic mass is 10.0. The summed E-state index contributed by atoms with van der Waals surface area (Å²) in [4.78, 5) is 2.11. The summed E-state index contributed by atoms with van der Waals surface area (Å²) in [6, 6.07) is 7.14. The standard InChI is InChI=1S/C11H15NO2/c1-12-6-5-10(14)11(12)8-3-2-4-9(13)7-8/h2-4,7,10-11,13-14H,5-6H2,1H3. The Morgan fingerprint density at radius 2 is 2.21 bits per heavy atom. The highest BCUT2D eigenvalue weighted by atomic mass is 16.3. The molecule has 0 saturated carbocycles. The van der Waals surface area contributed by atoms with Crippen LogP contribution in [0.4, 0.5) is 0 Å². The second kappa shape index (κ2) is 3.59. The van der Waals surface area contributed by atoms with Gasteiger partial charge in [-0.3, -0.25) is 4.90 Å². The first-order valence-electron chi connectivity index (χ1n) is 4.86. The highest BCUT2D eigenvalue weighted by Crippen LogP contribution is 2.31. The molecule has 1 aliphatic heterocycles. The maximum atomic E-state index is 9.78. The van der Waals surface area contributed by atoms with Gasteiger partial charge >= 0.3 is 0 Å². The van der Waals surface area contributed by atoms with Crippen molar-refractivity contribution in [3.8, 4) is 5.75 Å². The molecule has 14 heavy (non-hydrogen) atoms. The van der Waals surface area contributed by atoms with E-state index < -0.39 is 0 Å². The summed E-state index contributed by atoms with van der Waals surface area (Å²) in [6.07, 6.45) is 0.485. The SMILES string of the molecule is CN1CCC(O)C1c1cccc(O)c1. The van der Waals surface area contributed by atoms with Gasteiger partial charge in [0.2, 0.25) is 0 Å². The third-order valence-electron chi connectivity index (χ3n) is 2.83. The number of aliphatic hydroxyl groups excluding tert-OH is 1. The number of rotatable bonds is 1. The molecule has 0 bridgehead atoms. The summed E-state index contributed by atoms with van der Waals surface area (Å²) in [5.41, 5.74) is 0.984. The van der Waals surface area contributed by atoms with Crippen molar-refractivity contribution in [2.45, 2.75) is 18.6 Å². The summed E-state index contributed by atoms with van der Waals surface area (Å²) < 4.78 is 0. The minimum atomic E-state index is -0.318. The Balaban J connectivity index is 2.29. The summed E-state index contributed by atoms with van der Waals surface area (Å²) >= 11 is 0. The largest absolute Gasteiger partial charge is 0.508 e. The van der Waals surface area contributed by atoms with Crippen molar-refractivity contribution in [2.24, 2.45) is 0 Å². The third kappa shape index (κ3) is 1.61. The normalized spacial score (nSPS) is 28.1. The first-order chi connectivity index (χ1) is 6.68. The number of benzene rings is 1. The fraction of sp³-hybridized carbons (Fsp3) is 0.455. The molecule has 0 aromatic heterocycles. The summed E-state index contributed by atoms with van der Waals surface area (Å²) in [5, 5.41) is 19.1. The molecule has 3 heteroatoms. The van der Waals surface area contributed by atoms with Crippen molar-refractivity contribution in [3.05, 3.63) is 29.8 Å². The fourth-order valence-electron chi connectivity index (χ4n) is 2.11. The topological polar surface area (TPSA) is 43.7 Å². The van der Waals surface area contributed by atoms with Gasteiger partial charge in [-0.15, -0.1) is 0 Å². The highest BCUT2D eigenvalue weighted by molar-refractivity contribution is 5.30. The number of likely N-dealkylation sites (tertiary alicyclic amines) is 1. The maximum absolute atomic E-state index is 9.78. The van der Waals surface area contributed by atoms with Crippen molar-refractivity contribution >= 4 is 0 Å². The van der Waals surface area contributed by atoms with E-state index in [9.17, 15) is 10.2 Å². The lowest BCUT2D eigenvalue weighted by Gasteiger charge is -2.22. The van der Waals surface area contributed by atoms with Crippen LogP contribution in [-0.4, -0.2) is 34.8 Å². The Hall–Kier alpha value is -1.06. The van der Waals surface area contributed by atoms with Crippen molar-refractivity contribution in [3.63, 3.8) is 0 Å². The smallest absolute Gasteiger partial charge is 0.115 e. The van der Waals surface area contributed by atoms with Gasteiger partial charge in [-0.1, -0.05) is 12.1 Å². The predicted octanol–water partition coefficient (Wildman–Crippen LogP) is 1.13.